The van der Waals surface area contributed by atoms with Gasteiger partial charge >= 0.3 is 0 Å². The average molecular weight is 314 g/mol. The van der Waals surface area contributed by atoms with Gasteiger partial charge in [-0.1, -0.05) is 6.92 Å². The van der Waals surface area contributed by atoms with Gasteiger partial charge in [-0.3, -0.25) is 9.48 Å². The van der Waals surface area contributed by atoms with Gasteiger partial charge in [-0.25, -0.2) is 9.97 Å². The van der Waals surface area contributed by atoms with Gasteiger partial charge in [0.1, 0.15) is 0 Å². The van der Waals surface area contributed by atoms with Gasteiger partial charge in [0.05, 0.1) is 11.8 Å². The summed E-state index contributed by atoms with van der Waals surface area (Å²) in [5.74, 6) is 0.722. The van der Waals surface area contributed by atoms with Gasteiger partial charge in [-0.15, -0.1) is 0 Å². The highest BCUT2D eigenvalue weighted by Crippen LogP contribution is 2.16. The SMILES string of the molecule is CCc1cnc(N2CCC(NC(=O)c3cnn(C)c3)CC2)nc1. The highest BCUT2D eigenvalue weighted by Gasteiger charge is 2.22. The van der Waals surface area contributed by atoms with E-state index in [2.05, 4.69) is 32.2 Å². The minimum Gasteiger partial charge on any atom is -0.349 e. The number of hydrogen-bond donors (Lipinski definition) is 1. The Bertz CT molecular complexity index is 657. The molecule has 1 fully saturated rings. The Morgan fingerprint density at radius 1 is 1.26 bits per heavy atom. The third-order valence-electron chi connectivity index (χ3n) is 4.18. The highest BCUT2D eigenvalue weighted by atomic mass is 16.1. The van der Waals surface area contributed by atoms with Crippen LogP contribution in [0.15, 0.2) is 24.8 Å². The lowest BCUT2D eigenvalue weighted by molar-refractivity contribution is 0.0931. The van der Waals surface area contributed by atoms with E-state index in [1.165, 1.54) is 0 Å². The molecule has 122 valence electrons. The number of rotatable bonds is 4. The fourth-order valence-corrected chi connectivity index (χ4v) is 2.72. The topological polar surface area (TPSA) is 75.9 Å². The van der Waals surface area contributed by atoms with Gasteiger partial charge in [-0.05, 0) is 24.8 Å². The number of hydrogen-bond acceptors (Lipinski definition) is 5. The van der Waals surface area contributed by atoms with Gasteiger partial charge in [0, 0.05) is 44.8 Å². The lowest BCUT2D eigenvalue weighted by Gasteiger charge is -2.32. The third-order valence-corrected chi connectivity index (χ3v) is 4.18. The molecule has 0 saturated carbocycles. The normalized spacial score (nSPS) is 15.7. The molecule has 2 aromatic heterocycles. The summed E-state index contributed by atoms with van der Waals surface area (Å²) in [7, 11) is 1.80. The van der Waals surface area contributed by atoms with Crippen LogP contribution in [0.25, 0.3) is 0 Å². The maximum Gasteiger partial charge on any atom is 0.254 e. The molecule has 7 nitrogen and oxygen atoms in total. The molecule has 2 aromatic rings. The van der Waals surface area contributed by atoms with Crippen LogP contribution in [0.4, 0.5) is 5.95 Å². The Labute approximate surface area is 135 Å². The van der Waals surface area contributed by atoms with E-state index >= 15 is 0 Å². The zero-order valence-electron chi connectivity index (χ0n) is 13.6. The summed E-state index contributed by atoms with van der Waals surface area (Å²) in [5, 5.41) is 7.11. The van der Waals surface area contributed by atoms with Crippen LogP contribution in [0.1, 0.15) is 35.7 Å². The molecular weight excluding hydrogens is 292 g/mol. The number of carbonyl (C=O) groups excluding carboxylic acids is 1. The first-order valence-corrected chi connectivity index (χ1v) is 8.01. The molecule has 1 amide bonds. The average Bonchev–Trinajstić information content (AvgIpc) is 3.02. The minimum absolute atomic E-state index is 0.0555. The summed E-state index contributed by atoms with van der Waals surface area (Å²) in [6.07, 6.45) is 9.83. The molecule has 0 aliphatic carbocycles. The predicted molar refractivity (Wildman–Crippen MR) is 87.3 cm³/mol. The van der Waals surface area contributed by atoms with Crippen molar-refractivity contribution in [3.8, 4) is 0 Å². The molecule has 1 aliphatic rings. The van der Waals surface area contributed by atoms with Gasteiger partial charge in [-0.2, -0.15) is 5.10 Å². The number of anilines is 1. The molecule has 0 unspecified atom stereocenters. The zero-order chi connectivity index (χ0) is 16.2. The Morgan fingerprint density at radius 3 is 2.52 bits per heavy atom. The van der Waals surface area contributed by atoms with Crippen LogP contribution >= 0.6 is 0 Å². The van der Waals surface area contributed by atoms with Crippen molar-refractivity contribution in [3.05, 3.63) is 35.9 Å². The van der Waals surface area contributed by atoms with E-state index in [4.69, 9.17) is 0 Å². The Morgan fingerprint density at radius 2 is 1.96 bits per heavy atom. The van der Waals surface area contributed by atoms with E-state index in [9.17, 15) is 4.79 Å². The summed E-state index contributed by atoms with van der Waals surface area (Å²) in [5.41, 5.74) is 1.75. The van der Waals surface area contributed by atoms with Crippen molar-refractivity contribution < 1.29 is 4.79 Å². The number of amides is 1. The number of nitrogens with one attached hydrogen (secondary N) is 1. The largest absolute Gasteiger partial charge is 0.349 e. The molecule has 1 aliphatic heterocycles. The van der Waals surface area contributed by atoms with Crippen LogP contribution in [0.3, 0.4) is 0 Å². The highest BCUT2D eigenvalue weighted by molar-refractivity contribution is 5.93. The van der Waals surface area contributed by atoms with Gasteiger partial charge < -0.3 is 10.2 Å². The maximum atomic E-state index is 12.1. The van der Waals surface area contributed by atoms with Crippen molar-refractivity contribution in [1.29, 1.82) is 0 Å². The first-order chi connectivity index (χ1) is 11.2. The molecule has 1 saturated heterocycles. The summed E-state index contributed by atoms with van der Waals surface area (Å²) < 4.78 is 1.63. The van der Waals surface area contributed by atoms with Crippen LogP contribution in [0.5, 0.6) is 0 Å². The number of nitrogens with zero attached hydrogens (tertiary/aromatic N) is 5. The molecule has 1 N–H and O–H groups in total. The van der Waals surface area contributed by atoms with Crippen molar-refractivity contribution in [3.63, 3.8) is 0 Å². The van der Waals surface area contributed by atoms with E-state index in [1.54, 1.807) is 24.1 Å². The van der Waals surface area contributed by atoms with Crippen molar-refractivity contribution in [2.24, 2.45) is 7.05 Å². The lowest BCUT2D eigenvalue weighted by Crippen LogP contribution is -2.45. The number of aromatic nitrogens is 4. The Kier molecular flexibility index (Phi) is 4.55. The van der Waals surface area contributed by atoms with E-state index in [0.29, 0.717) is 5.56 Å². The van der Waals surface area contributed by atoms with E-state index in [-0.39, 0.29) is 11.9 Å². The summed E-state index contributed by atoms with van der Waals surface area (Å²) in [6.45, 7) is 3.79. The van der Waals surface area contributed by atoms with Crippen molar-refractivity contribution in [2.75, 3.05) is 18.0 Å². The van der Waals surface area contributed by atoms with Crippen molar-refractivity contribution in [1.82, 2.24) is 25.1 Å². The van der Waals surface area contributed by atoms with Gasteiger partial charge in [0.25, 0.3) is 5.91 Å². The first-order valence-electron chi connectivity index (χ1n) is 8.01. The Balaban J connectivity index is 1.52. The molecule has 7 heteroatoms. The number of carbonyl (C=O) groups is 1. The zero-order valence-corrected chi connectivity index (χ0v) is 13.6. The second-order valence-electron chi connectivity index (χ2n) is 5.88. The molecular formula is C16H22N6O. The molecule has 0 spiro atoms. The number of piperidine rings is 1. The lowest BCUT2D eigenvalue weighted by atomic mass is 10.0. The quantitative estimate of drug-likeness (QED) is 0.917. The van der Waals surface area contributed by atoms with Crippen molar-refractivity contribution >= 4 is 11.9 Å². The van der Waals surface area contributed by atoms with Crippen LogP contribution in [-0.2, 0) is 13.5 Å². The fraction of sp³-hybridized carbons (Fsp3) is 0.500. The van der Waals surface area contributed by atoms with E-state index in [0.717, 1.165) is 43.9 Å². The second kappa shape index (κ2) is 6.76. The number of aryl methyl sites for hydroxylation is 2. The molecule has 0 atom stereocenters. The molecule has 0 radical (unpaired) electrons. The van der Waals surface area contributed by atoms with Crippen LogP contribution < -0.4 is 10.2 Å². The van der Waals surface area contributed by atoms with Crippen molar-refractivity contribution in [2.45, 2.75) is 32.2 Å². The maximum absolute atomic E-state index is 12.1. The smallest absolute Gasteiger partial charge is 0.254 e. The molecule has 23 heavy (non-hydrogen) atoms. The second-order valence-corrected chi connectivity index (χ2v) is 5.88. The molecule has 0 bridgehead atoms. The first kappa shape index (κ1) is 15.5. The van der Waals surface area contributed by atoms with Crippen LogP contribution in [0.2, 0.25) is 0 Å². The van der Waals surface area contributed by atoms with Gasteiger partial charge in [0.2, 0.25) is 5.95 Å². The molecule has 0 aromatic carbocycles. The standard InChI is InChI=1S/C16H22N6O/c1-3-12-8-17-16(18-9-12)22-6-4-14(5-7-22)20-15(23)13-10-19-21(2)11-13/h8-11,14H,3-7H2,1-2H3,(H,20,23). The Hall–Kier alpha value is -2.44. The molecule has 3 heterocycles. The van der Waals surface area contributed by atoms with Crippen LogP contribution in [0, 0.1) is 0 Å². The van der Waals surface area contributed by atoms with Gasteiger partial charge in [0.15, 0.2) is 0 Å². The van der Waals surface area contributed by atoms with Crippen LogP contribution in [-0.4, -0.2) is 44.8 Å². The predicted octanol–water partition coefficient (Wildman–Crippen LogP) is 1.17. The monoisotopic (exact) mass is 314 g/mol. The minimum atomic E-state index is -0.0555. The summed E-state index contributed by atoms with van der Waals surface area (Å²) in [4.78, 5) is 23.2. The summed E-state index contributed by atoms with van der Waals surface area (Å²) in [6, 6.07) is 0.189. The van der Waals surface area contributed by atoms with E-state index < -0.39 is 0 Å². The summed E-state index contributed by atoms with van der Waals surface area (Å²) >= 11 is 0. The van der Waals surface area contributed by atoms with E-state index in [1.807, 2.05) is 12.4 Å². The molecule has 3 rings (SSSR count). The third kappa shape index (κ3) is 3.67. The fourth-order valence-electron chi connectivity index (χ4n) is 2.72.